The van der Waals surface area contributed by atoms with Crippen LogP contribution < -0.4 is 22.7 Å². The zero-order valence-corrected chi connectivity index (χ0v) is 28.4. The summed E-state index contributed by atoms with van der Waals surface area (Å²) in [5.74, 6) is 6.40. The van der Waals surface area contributed by atoms with Crippen molar-refractivity contribution in [1.29, 1.82) is 0 Å². The molecule has 6 rings (SSSR count). The Labute approximate surface area is 272 Å². The molecule has 3 aliphatic carbocycles. The summed E-state index contributed by atoms with van der Waals surface area (Å²) in [4.78, 5) is 12.8. The molecule has 6 N–H and O–H groups in total. The fraction of sp³-hybridized carbons (Fsp3) is 0.595. The Hall–Kier alpha value is -3.09. The summed E-state index contributed by atoms with van der Waals surface area (Å²) in [7, 11) is 0. The summed E-state index contributed by atoms with van der Waals surface area (Å²) in [5, 5.41) is 0. The second kappa shape index (κ2) is 15.3. The Balaban J connectivity index is 0.000000343. The molecule has 0 aliphatic heterocycles. The van der Waals surface area contributed by atoms with Gasteiger partial charge in [-0.15, -0.1) is 0 Å². The van der Waals surface area contributed by atoms with Crippen molar-refractivity contribution in [2.45, 2.75) is 124 Å². The van der Waals surface area contributed by atoms with E-state index in [4.69, 9.17) is 17.2 Å². The van der Waals surface area contributed by atoms with Crippen LogP contribution in [0.5, 0.6) is 0 Å². The number of hydrogen-bond donors (Lipinski definition) is 3. The first-order valence-corrected chi connectivity index (χ1v) is 17.2. The third kappa shape index (κ3) is 8.34. The standard InChI is InChI=1S/C13H21BN2.2C12H18N2.3H2/c1-9-5-4-6-11(9)12-7-10(14(2)3)8-16-13(12)15;2*1-8-6-11(12(13)14-7-8)10-5-3-4-9(10)2;;;/h7-9,11H,4-6H2,1-3H3,(H2,15,16);2*6-7,9-10H,3-5H2,1-2H3,(H2,13,14);3*1H/i;;;3*1+1. The molecule has 6 unspecified atom stereocenters. The van der Waals surface area contributed by atoms with Crippen molar-refractivity contribution >= 4 is 29.6 Å². The molecule has 7 heteroatoms. The van der Waals surface area contributed by atoms with Crippen LogP contribution in [0.4, 0.5) is 17.5 Å². The number of nitrogens with two attached hydrogens (primary N) is 3. The van der Waals surface area contributed by atoms with Crippen molar-refractivity contribution in [1.82, 2.24) is 15.0 Å². The van der Waals surface area contributed by atoms with Crippen molar-refractivity contribution in [2.24, 2.45) is 17.8 Å². The van der Waals surface area contributed by atoms with Crippen molar-refractivity contribution in [3.05, 3.63) is 64.6 Å². The second-order valence-electron chi connectivity index (χ2n) is 14.4. The van der Waals surface area contributed by atoms with Gasteiger partial charge in [0.05, 0.1) is 0 Å². The minimum absolute atomic E-state index is 0. The van der Waals surface area contributed by atoms with Gasteiger partial charge in [0, 0.05) is 22.9 Å². The lowest BCUT2D eigenvalue weighted by molar-refractivity contribution is 0.533. The van der Waals surface area contributed by atoms with Crippen molar-refractivity contribution < 1.29 is 4.28 Å². The van der Waals surface area contributed by atoms with Crippen LogP contribution in [0, 0.1) is 31.6 Å². The summed E-state index contributed by atoms with van der Waals surface area (Å²) in [6, 6.07) is 6.68. The van der Waals surface area contributed by atoms with Gasteiger partial charge in [0.2, 0.25) is 0 Å². The number of anilines is 3. The van der Waals surface area contributed by atoms with Crippen LogP contribution >= 0.6 is 0 Å². The van der Waals surface area contributed by atoms with Crippen molar-refractivity contribution in [2.75, 3.05) is 17.2 Å². The smallest absolute Gasteiger partial charge is 0.171 e. The SMILES string of the molecule is CB(C)c1cnc(N)c(C2CCCC2C)c1.Cc1cnc(N)c(C2CCCC2C)c1.Cc1cnc(N)c(C2CCCC2C)c1.[2HH].[2HH].[2HH]. The molecule has 0 aromatic carbocycles. The Kier molecular flexibility index (Phi) is 11.7. The third-order valence-electron chi connectivity index (χ3n) is 10.6. The lowest BCUT2D eigenvalue weighted by Crippen LogP contribution is -2.25. The van der Waals surface area contributed by atoms with Gasteiger partial charge < -0.3 is 17.2 Å². The van der Waals surface area contributed by atoms with Crippen LogP contribution in [0.25, 0.3) is 0 Å². The fourth-order valence-electron chi connectivity index (χ4n) is 7.74. The monoisotopic (exact) mass is 606 g/mol. The fourth-order valence-corrected chi connectivity index (χ4v) is 7.74. The molecule has 6 atom stereocenters. The van der Waals surface area contributed by atoms with E-state index >= 15 is 0 Å². The molecule has 3 aliphatic rings. The number of rotatable bonds is 4. The highest BCUT2D eigenvalue weighted by atomic mass is 14.8. The Morgan fingerprint density at radius 2 is 0.909 bits per heavy atom. The van der Waals surface area contributed by atoms with Crippen LogP contribution in [-0.2, 0) is 0 Å². The van der Waals surface area contributed by atoms with E-state index in [1.165, 1.54) is 91.1 Å². The van der Waals surface area contributed by atoms with E-state index in [0.717, 1.165) is 35.2 Å². The van der Waals surface area contributed by atoms with E-state index in [-0.39, 0.29) is 4.28 Å². The summed E-state index contributed by atoms with van der Waals surface area (Å²) in [6.07, 6.45) is 17.4. The molecule has 0 spiro atoms. The van der Waals surface area contributed by atoms with Gasteiger partial charge in [-0.2, -0.15) is 0 Å². The van der Waals surface area contributed by atoms with Crippen LogP contribution in [0.1, 0.15) is 128 Å². The van der Waals surface area contributed by atoms with Crippen LogP contribution in [0.3, 0.4) is 0 Å². The minimum Gasteiger partial charge on any atom is -0.383 e. The van der Waals surface area contributed by atoms with E-state index in [0.29, 0.717) is 24.5 Å². The van der Waals surface area contributed by atoms with Crippen molar-refractivity contribution in [3.63, 3.8) is 0 Å². The number of hydrogen-bond acceptors (Lipinski definition) is 6. The molecule has 0 radical (unpaired) electrons. The predicted molar refractivity (Wildman–Crippen MR) is 196 cm³/mol. The topological polar surface area (TPSA) is 117 Å². The van der Waals surface area contributed by atoms with E-state index in [1.54, 1.807) is 0 Å². The van der Waals surface area contributed by atoms with Gasteiger partial charge in [0.1, 0.15) is 17.5 Å². The molecule has 3 heterocycles. The van der Waals surface area contributed by atoms with Gasteiger partial charge in [0.25, 0.3) is 0 Å². The summed E-state index contributed by atoms with van der Waals surface area (Å²) in [5.41, 5.74) is 25.4. The Morgan fingerprint density at radius 3 is 1.23 bits per heavy atom. The molecule has 3 saturated carbocycles. The molecular formula is C37H63BN6. The average Bonchev–Trinajstić information content (AvgIpc) is 3.73. The highest BCUT2D eigenvalue weighted by Gasteiger charge is 2.29. The molecule has 3 fully saturated rings. The molecule has 3 aromatic heterocycles. The summed E-state index contributed by atoms with van der Waals surface area (Å²) >= 11 is 0. The van der Waals surface area contributed by atoms with Gasteiger partial charge in [0.15, 0.2) is 6.71 Å². The largest absolute Gasteiger partial charge is 0.383 e. The van der Waals surface area contributed by atoms with Gasteiger partial charge in [-0.3, -0.25) is 0 Å². The molecule has 0 bridgehead atoms. The number of nitrogen functional groups attached to an aromatic ring is 3. The van der Waals surface area contributed by atoms with Gasteiger partial charge in [-0.05, 0) is 96.4 Å². The second-order valence-corrected chi connectivity index (χ2v) is 14.4. The highest BCUT2D eigenvalue weighted by molar-refractivity contribution is 6.70. The maximum absolute atomic E-state index is 6.02. The average molecular weight is 606 g/mol. The van der Waals surface area contributed by atoms with Crippen LogP contribution in [-0.4, -0.2) is 21.7 Å². The number of aryl methyl sites for hydroxylation is 2. The first kappa shape index (κ1) is 33.8. The zero-order chi connectivity index (χ0) is 32.0. The highest BCUT2D eigenvalue weighted by Crippen LogP contribution is 2.42. The van der Waals surface area contributed by atoms with E-state index < -0.39 is 0 Å². The zero-order valence-electron chi connectivity index (χ0n) is 28.4. The lowest BCUT2D eigenvalue weighted by Gasteiger charge is -2.18. The summed E-state index contributed by atoms with van der Waals surface area (Å²) in [6.45, 7) is 16.1. The minimum atomic E-state index is 0. The van der Waals surface area contributed by atoms with Crippen molar-refractivity contribution in [3.8, 4) is 0 Å². The first-order valence-electron chi connectivity index (χ1n) is 17.2. The predicted octanol–water partition coefficient (Wildman–Crippen LogP) is 9.02. The maximum atomic E-state index is 6.02. The third-order valence-corrected chi connectivity index (χ3v) is 10.6. The maximum Gasteiger partial charge on any atom is 0.171 e. The number of aromatic nitrogens is 3. The lowest BCUT2D eigenvalue weighted by atomic mass is 9.49. The normalized spacial score (nSPS) is 26.0. The number of pyridine rings is 3. The molecule has 3 aromatic rings. The Bertz CT molecular complexity index is 1320. The molecule has 44 heavy (non-hydrogen) atoms. The quantitative estimate of drug-likeness (QED) is 0.256. The van der Waals surface area contributed by atoms with E-state index in [1.807, 2.05) is 18.6 Å². The summed E-state index contributed by atoms with van der Waals surface area (Å²) < 4.78 is 0. The molecule has 0 amide bonds. The molecule has 244 valence electrons. The van der Waals surface area contributed by atoms with E-state index in [9.17, 15) is 0 Å². The number of nitrogens with zero attached hydrogens (tertiary/aromatic N) is 3. The Morgan fingerprint density at radius 1 is 0.568 bits per heavy atom. The van der Waals surface area contributed by atoms with Gasteiger partial charge in [-0.1, -0.05) is 96.6 Å². The molecule has 0 saturated heterocycles. The molecule has 6 nitrogen and oxygen atoms in total. The van der Waals surface area contributed by atoms with Gasteiger partial charge >= 0.3 is 0 Å². The van der Waals surface area contributed by atoms with Crippen LogP contribution in [0.15, 0.2) is 36.8 Å². The van der Waals surface area contributed by atoms with E-state index in [2.05, 4.69) is 81.4 Å². The first-order chi connectivity index (χ1) is 21.0. The van der Waals surface area contributed by atoms with Gasteiger partial charge in [-0.25, -0.2) is 15.0 Å². The van der Waals surface area contributed by atoms with Crippen LogP contribution in [0.2, 0.25) is 13.6 Å². The molecular weight excluding hydrogens is 539 g/mol.